The number of ether oxygens (including phenoxy) is 2. The van der Waals surface area contributed by atoms with Crippen LogP contribution >= 0.6 is 11.3 Å². The number of nitrogens with two attached hydrogens (primary N) is 1. The highest BCUT2D eigenvalue weighted by Crippen LogP contribution is 2.36. The molecule has 8 heteroatoms. The minimum atomic E-state index is -0.231. The molecule has 0 spiro atoms. The van der Waals surface area contributed by atoms with Gasteiger partial charge in [0.2, 0.25) is 0 Å². The Hall–Kier alpha value is -2.68. The van der Waals surface area contributed by atoms with E-state index in [1.807, 2.05) is 37.3 Å². The van der Waals surface area contributed by atoms with E-state index in [0.717, 1.165) is 59.2 Å². The van der Waals surface area contributed by atoms with Gasteiger partial charge in [0.15, 0.2) is 0 Å². The van der Waals surface area contributed by atoms with Crippen LogP contribution in [0, 0.1) is 6.92 Å². The van der Waals surface area contributed by atoms with E-state index < -0.39 is 0 Å². The standard InChI is InChI=1S/C21H24N4O3S/c1-13-11-14(12-27-2)17-18(22)19(29-21(17)23-13)20(26)24-15-3-5-16(6-4-15)25-7-9-28-10-8-25/h3-6,11H,7-10,12,22H2,1-2H3,(H,24,26). The summed E-state index contributed by atoms with van der Waals surface area (Å²) in [6.45, 7) is 5.57. The first kappa shape index (κ1) is 19.6. The SMILES string of the molecule is COCc1cc(C)nc2sc(C(=O)Nc3ccc(N4CCOCC4)cc3)c(N)c12. The zero-order chi connectivity index (χ0) is 20.4. The maximum Gasteiger partial charge on any atom is 0.267 e. The third-order valence-corrected chi connectivity index (χ3v) is 6.01. The Labute approximate surface area is 173 Å². The molecule has 152 valence electrons. The maximum absolute atomic E-state index is 12.9. The molecule has 29 heavy (non-hydrogen) atoms. The van der Waals surface area contributed by atoms with Crippen molar-refractivity contribution in [3.8, 4) is 0 Å². The van der Waals surface area contributed by atoms with Gasteiger partial charge < -0.3 is 25.4 Å². The van der Waals surface area contributed by atoms with Gasteiger partial charge in [0.05, 0.1) is 25.5 Å². The third kappa shape index (κ3) is 4.05. The van der Waals surface area contributed by atoms with Crippen molar-refractivity contribution in [2.45, 2.75) is 13.5 Å². The summed E-state index contributed by atoms with van der Waals surface area (Å²) in [5.41, 5.74) is 10.4. The number of carbonyl (C=O) groups is 1. The zero-order valence-electron chi connectivity index (χ0n) is 16.5. The molecule has 7 nitrogen and oxygen atoms in total. The number of fused-ring (bicyclic) bond motifs is 1. The molecular weight excluding hydrogens is 388 g/mol. The first-order valence-corrected chi connectivity index (χ1v) is 10.3. The third-order valence-electron chi connectivity index (χ3n) is 4.92. The number of nitrogen functional groups attached to an aromatic ring is 1. The van der Waals surface area contributed by atoms with Gasteiger partial charge in [0.1, 0.15) is 9.71 Å². The lowest BCUT2D eigenvalue weighted by molar-refractivity contribution is 0.103. The second-order valence-electron chi connectivity index (χ2n) is 6.98. The van der Waals surface area contributed by atoms with Crippen LogP contribution in [-0.4, -0.2) is 44.3 Å². The van der Waals surface area contributed by atoms with Gasteiger partial charge in [0.25, 0.3) is 5.91 Å². The Morgan fingerprint density at radius 2 is 2.03 bits per heavy atom. The normalized spacial score (nSPS) is 14.3. The van der Waals surface area contributed by atoms with Crippen LogP contribution in [0.3, 0.4) is 0 Å². The summed E-state index contributed by atoms with van der Waals surface area (Å²) < 4.78 is 10.7. The van der Waals surface area contributed by atoms with Crippen LogP contribution in [-0.2, 0) is 16.1 Å². The number of carbonyl (C=O) groups excluding carboxylic acids is 1. The summed E-state index contributed by atoms with van der Waals surface area (Å²) in [5.74, 6) is -0.231. The van der Waals surface area contributed by atoms with E-state index in [1.54, 1.807) is 7.11 Å². The number of amides is 1. The number of hydrogen-bond acceptors (Lipinski definition) is 7. The molecule has 1 aromatic carbocycles. The van der Waals surface area contributed by atoms with Crippen LogP contribution in [0.5, 0.6) is 0 Å². The Balaban J connectivity index is 1.56. The van der Waals surface area contributed by atoms with E-state index in [9.17, 15) is 4.79 Å². The highest BCUT2D eigenvalue weighted by Gasteiger charge is 2.20. The second-order valence-corrected chi connectivity index (χ2v) is 7.98. The molecule has 3 N–H and O–H groups in total. The molecule has 0 unspecified atom stereocenters. The van der Waals surface area contributed by atoms with Gasteiger partial charge in [-0.3, -0.25) is 4.79 Å². The number of hydrogen-bond donors (Lipinski definition) is 2. The average molecular weight is 413 g/mol. The van der Waals surface area contributed by atoms with Crippen LogP contribution in [0.15, 0.2) is 30.3 Å². The molecule has 3 heterocycles. The Bertz CT molecular complexity index is 1030. The van der Waals surface area contributed by atoms with Crippen LogP contribution in [0.25, 0.3) is 10.2 Å². The number of nitrogens with zero attached hydrogens (tertiary/aromatic N) is 2. The predicted molar refractivity (Wildman–Crippen MR) is 117 cm³/mol. The van der Waals surface area contributed by atoms with Crippen molar-refractivity contribution < 1.29 is 14.3 Å². The molecule has 1 amide bonds. The maximum atomic E-state index is 12.9. The van der Waals surface area contributed by atoms with E-state index in [-0.39, 0.29) is 5.91 Å². The number of nitrogens with one attached hydrogen (secondary N) is 1. The summed E-state index contributed by atoms with van der Waals surface area (Å²) in [6.07, 6.45) is 0. The van der Waals surface area contributed by atoms with Gasteiger partial charge in [-0.15, -0.1) is 11.3 Å². The smallest absolute Gasteiger partial charge is 0.267 e. The van der Waals surface area contributed by atoms with Crippen LogP contribution in [0.4, 0.5) is 17.1 Å². The zero-order valence-corrected chi connectivity index (χ0v) is 17.3. The molecule has 1 fully saturated rings. The van der Waals surface area contributed by atoms with E-state index in [0.29, 0.717) is 17.2 Å². The molecule has 0 aliphatic carbocycles. The fourth-order valence-corrected chi connectivity index (χ4v) is 4.62. The van der Waals surface area contributed by atoms with Gasteiger partial charge >= 0.3 is 0 Å². The van der Waals surface area contributed by atoms with Crippen molar-refractivity contribution in [2.24, 2.45) is 0 Å². The molecule has 4 rings (SSSR count). The van der Waals surface area contributed by atoms with Gasteiger partial charge in [-0.2, -0.15) is 0 Å². The van der Waals surface area contributed by atoms with Crippen molar-refractivity contribution in [2.75, 3.05) is 49.4 Å². The molecule has 1 aliphatic rings. The molecule has 3 aromatic rings. The van der Waals surface area contributed by atoms with Gasteiger partial charge in [-0.1, -0.05) is 0 Å². The predicted octanol–water partition coefficient (Wildman–Crippen LogP) is 3.42. The summed E-state index contributed by atoms with van der Waals surface area (Å²) in [4.78, 5) is 20.9. The molecule has 2 aromatic heterocycles. The number of methoxy groups -OCH3 is 1. The molecular formula is C21H24N4O3S. The van der Waals surface area contributed by atoms with Crippen LogP contribution in [0.2, 0.25) is 0 Å². The van der Waals surface area contributed by atoms with Gasteiger partial charge in [-0.05, 0) is 42.8 Å². The molecule has 1 aliphatic heterocycles. The quantitative estimate of drug-likeness (QED) is 0.667. The van der Waals surface area contributed by atoms with E-state index >= 15 is 0 Å². The Morgan fingerprint density at radius 3 is 2.72 bits per heavy atom. The number of benzene rings is 1. The molecule has 1 saturated heterocycles. The molecule has 0 atom stereocenters. The highest BCUT2D eigenvalue weighted by molar-refractivity contribution is 7.21. The second kappa shape index (κ2) is 8.36. The Morgan fingerprint density at radius 1 is 1.31 bits per heavy atom. The minimum absolute atomic E-state index is 0.231. The fourth-order valence-electron chi connectivity index (χ4n) is 3.54. The lowest BCUT2D eigenvalue weighted by Crippen LogP contribution is -2.36. The Kier molecular flexibility index (Phi) is 5.66. The van der Waals surface area contributed by atoms with E-state index in [2.05, 4.69) is 15.2 Å². The highest BCUT2D eigenvalue weighted by atomic mass is 32.1. The van der Waals surface area contributed by atoms with E-state index in [1.165, 1.54) is 11.3 Å². The molecule has 0 bridgehead atoms. The summed E-state index contributed by atoms with van der Waals surface area (Å²) in [5, 5.41) is 3.75. The first-order chi connectivity index (χ1) is 14.1. The number of pyridine rings is 1. The fraction of sp³-hybridized carbons (Fsp3) is 0.333. The number of anilines is 3. The summed E-state index contributed by atoms with van der Waals surface area (Å²) in [6, 6.07) is 9.78. The van der Waals surface area contributed by atoms with Crippen molar-refractivity contribution >= 4 is 44.5 Å². The van der Waals surface area contributed by atoms with Gasteiger partial charge in [-0.25, -0.2) is 4.98 Å². The average Bonchev–Trinajstić information content (AvgIpc) is 3.06. The van der Waals surface area contributed by atoms with Crippen LogP contribution < -0.4 is 16.0 Å². The minimum Gasteiger partial charge on any atom is -0.397 e. The monoisotopic (exact) mass is 412 g/mol. The number of aryl methyl sites for hydroxylation is 1. The number of morpholine rings is 1. The largest absolute Gasteiger partial charge is 0.397 e. The van der Waals surface area contributed by atoms with Crippen LogP contribution in [0.1, 0.15) is 20.9 Å². The lowest BCUT2D eigenvalue weighted by Gasteiger charge is -2.28. The lowest BCUT2D eigenvalue weighted by atomic mass is 10.1. The van der Waals surface area contributed by atoms with Crippen molar-refractivity contribution in [3.05, 3.63) is 46.5 Å². The van der Waals surface area contributed by atoms with E-state index in [4.69, 9.17) is 15.2 Å². The van der Waals surface area contributed by atoms with Crippen molar-refractivity contribution in [3.63, 3.8) is 0 Å². The number of thiophene rings is 1. The molecule has 0 radical (unpaired) electrons. The summed E-state index contributed by atoms with van der Waals surface area (Å²) in [7, 11) is 1.64. The van der Waals surface area contributed by atoms with Gasteiger partial charge in [0, 0.05) is 42.7 Å². The van der Waals surface area contributed by atoms with Crippen molar-refractivity contribution in [1.82, 2.24) is 4.98 Å². The molecule has 0 saturated carbocycles. The number of aromatic nitrogens is 1. The number of rotatable bonds is 5. The topological polar surface area (TPSA) is 89.7 Å². The first-order valence-electron chi connectivity index (χ1n) is 9.48. The van der Waals surface area contributed by atoms with Crippen molar-refractivity contribution in [1.29, 1.82) is 0 Å². The summed E-state index contributed by atoms with van der Waals surface area (Å²) >= 11 is 1.31.